The first kappa shape index (κ1) is 15.8. The van der Waals surface area contributed by atoms with Crippen LogP contribution in [0.4, 0.5) is 0 Å². The maximum Gasteiger partial charge on any atom is 0.349 e. The van der Waals surface area contributed by atoms with Gasteiger partial charge < -0.3 is 13.9 Å². The third-order valence-electron chi connectivity index (χ3n) is 3.50. The first-order valence-corrected chi connectivity index (χ1v) is 7.46. The highest BCUT2D eigenvalue weighted by molar-refractivity contribution is 5.83. The van der Waals surface area contributed by atoms with E-state index in [1.165, 1.54) is 6.07 Å². The van der Waals surface area contributed by atoms with E-state index in [1.807, 2.05) is 25.1 Å². The Morgan fingerprint density at radius 1 is 1.04 bits per heavy atom. The molecule has 0 saturated carbocycles. The molecule has 1 aromatic heterocycles. The van der Waals surface area contributed by atoms with Crippen molar-refractivity contribution >= 4 is 16.9 Å². The third kappa shape index (κ3) is 3.63. The fourth-order valence-corrected chi connectivity index (χ4v) is 2.37. The molecule has 0 aliphatic rings. The molecule has 0 bridgehead atoms. The predicted molar refractivity (Wildman–Crippen MR) is 89.5 cm³/mol. The molecule has 0 radical (unpaired) electrons. The van der Waals surface area contributed by atoms with Gasteiger partial charge in [-0.3, -0.25) is 0 Å². The van der Waals surface area contributed by atoms with Gasteiger partial charge in [-0.2, -0.15) is 0 Å². The average Bonchev–Trinajstić information content (AvgIpc) is 2.53. The van der Waals surface area contributed by atoms with Crippen LogP contribution in [0, 0.1) is 13.8 Å². The first-order valence-electron chi connectivity index (χ1n) is 7.46. The zero-order valence-electron chi connectivity index (χ0n) is 13.4. The van der Waals surface area contributed by atoms with Gasteiger partial charge in [0.25, 0.3) is 0 Å². The standard InChI is InChI=1S/C19H16O5/c1-12-4-3-5-14(8-12)22-11-19(21)23-15-6-7-17-16(10-15)13(2)9-18(20)24-17/h3-10H,11H2,1-2H3. The summed E-state index contributed by atoms with van der Waals surface area (Å²) < 4.78 is 15.8. The fourth-order valence-electron chi connectivity index (χ4n) is 2.37. The summed E-state index contributed by atoms with van der Waals surface area (Å²) in [6, 6.07) is 13.7. The molecule has 1 heterocycles. The van der Waals surface area contributed by atoms with Crippen LogP contribution in [0.1, 0.15) is 11.1 Å². The highest BCUT2D eigenvalue weighted by atomic mass is 16.6. The van der Waals surface area contributed by atoms with Gasteiger partial charge in [0.15, 0.2) is 6.61 Å². The van der Waals surface area contributed by atoms with E-state index in [9.17, 15) is 9.59 Å². The minimum absolute atomic E-state index is 0.190. The normalized spacial score (nSPS) is 10.6. The van der Waals surface area contributed by atoms with Crippen molar-refractivity contribution in [2.45, 2.75) is 13.8 Å². The molecule has 0 aliphatic carbocycles. The Balaban J connectivity index is 1.70. The van der Waals surface area contributed by atoms with Gasteiger partial charge in [0, 0.05) is 11.5 Å². The monoisotopic (exact) mass is 324 g/mol. The van der Waals surface area contributed by atoms with Crippen molar-refractivity contribution in [2.75, 3.05) is 6.61 Å². The quantitative estimate of drug-likeness (QED) is 0.418. The summed E-state index contributed by atoms with van der Waals surface area (Å²) in [5, 5.41) is 0.722. The Labute approximate surface area is 138 Å². The number of benzene rings is 2. The summed E-state index contributed by atoms with van der Waals surface area (Å²) in [5.74, 6) is 0.478. The molecule has 0 fully saturated rings. The van der Waals surface area contributed by atoms with Gasteiger partial charge in [-0.05, 0) is 55.3 Å². The summed E-state index contributed by atoms with van der Waals surface area (Å²) in [6.45, 7) is 3.55. The molecular formula is C19H16O5. The van der Waals surface area contributed by atoms with Gasteiger partial charge in [0.05, 0.1) is 0 Å². The fraction of sp³-hybridized carbons (Fsp3) is 0.158. The van der Waals surface area contributed by atoms with Crippen LogP contribution in [0.15, 0.2) is 57.7 Å². The molecule has 3 aromatic rings. The SMILES string of the molecule is Cc1cccc(OCC(=O)Oc2ccc3oc(=O)cc(C)c3c2)c1. The Bertz CT molecular complexity index is 955. The van der Waals surface area contributed by atoms with Gasteiger partial charge in [-0.1, -0.05) is 12.1 Å². The van der Waals surface area contributed by atoms with E-state index < -0.39 is 11.6 Å². The number of ether oxygens (including phenoxy) is 2. The van der Waals surface area contributed by atoms with Crippen LogP contribution in [0.3, 0.4) is 0 Å². The van der Waals surface area contributed by atoms with E-state index in [2.05, 4.69) is 0 Å². The van der Waals surface area contributed by atoms with E-state index in [0.717, 1.165) is 16.5 Å². The van der Waals surface area contributed by atoms with Crippen molar-refractivity contribution in [1.82, 2.24) is 0 Å². The number of esters is 1. The topological polar surface area (TPSA) is 65.7 Å². The molecule has 0 amide bonds. The van der Waals surface area contributed by atoms with Crippen LogP contribution in [0.2, 0.25) is 0 Å². The lowest BCUT2D eigenvalue weighted by Crippen LogP contribution is -2.17. The highest BCUT2D eigenvalue weighted by Crippen LogP contribution is 2.22. The van der Waals surface area contributed by atoms with Crippen LogP contribution in [-0.2, 0) is 4.79 Å². The number of hydrogen-bond donors (Lipinski definition) is 0. The zero-order valence-corrected chi connectivity index (χ0v) is 13.4. The molecule has 5 nitrogen and oxygen atoms in total. The van der Waals surface area contributed by atoms with Crippen molar-refractivity contribution in [1.29, 1.82) is 0 Å². The third-order valence-corrected chi connectivity index (χ3v) is 3.50. The summed E-state index contributed by atoms with van der Waals surface area (Å²) in [6.07, 6.45) is 0. The maximum atomic E-state index is 11.9. The molecule has 0 unspecified atom stereocenters. The lowest BCUT2D eigenvalue weighted by Gasteiger charge is -2.08. The Morgan fingerprint density at radius 2 is 1.88 bits per heavy atom. The number of aryl methyl sites for hydroxylation is 2. The van der Waals surface area contributed by atoms with Gasteiger partial charge in [0.2, 0.25) is 0 Å². The van der Waals surface area contributed by atoms with E-state index in [-0.39, 0.29) is 6.61 Å². The minimum Gasteiger partial charge on any atom is -0.482 e. The Morgan fingerprint density at radius 3 is 2.67 bits per heavy atom. The molecule has 2 aromatic carbocycles. The van der Waals surface area contributed by atoms with E-state index in [1.54, 1.807) is 31.2 Å². The predicted octanol–water partition coefficient (Wildman–Crippen LogP) is 3.39. The zero-order chi connectivity index (χ0) is 17.1. The molecule has 0 atom stereocenters. The number of carbonyl (C=O) groups is 1. The maximum absolute atomic E-state index is 11.9. The summed E-state index contributed by atoms with van der Waals surface area (Å²) in [7, 11) is 0. The van der Waals surface area contributed by atoms with Crippen LogP contribution < -0.4 is 15.1 Å². The molecule has 0 spiro atoms. The van der Waals surface area contributed by atoms with Crippen LogP contribution in [0.25, 0.3) is 11.0 Å². The number of fused-ring (bicyclic) bond motifs is 1. The van der Waals surface area contributed by atoms with Crippen molar-refractivity contribution in [3.63, 3.8) is 0 Å². The van der Waals surface area contributed by atoms with Crippen molar-refractivity contribution in [2.24, 2.45) is 0 Å². The van der Waals surface area contributed by atoms with E-state index in [0.29, 0.717) is 17.1 Å². The second-order valence-corrected chi connectivity index (χ2v) is 5.49. The van der Waals surface area contributed by atoms with Crippen LogP contribution in [0.5, 0.6) is 11.5 Å². The minimum atomic E-state index is -0.508. The molecule has 3 rings (SSSR count). The van der Waals surface area contributed by atoms with Gasteiger partial charge in [0.1, 0.15) is 17.1 Å². The second kappa shape index (κ2) is 6.58. The Hall–Kier alpha value is -3.08. The van der Waals surface area contributed by atoms with Gasteiger partial charge in [-0.25, -0.2) is 9.59 Å². The van der Waals surface area contributed by atoms with Gasteiger partial charge >= 0.3 is 11.6 Å². The Kier molecular flexibility index (Phi) is 4.33. The van der Waals surface area contributed by atoms with Crippen LogP contribution in [-0.4, -0.2) is 12.6 Å². The van der Waals surface area contributed by atoms with E-state index >= 15 is 0 Å². The van der Waals surface area contributed by atoms with E-state index in [4.69, 9.17) is 13.9 Å². The lowest BCUT2D eigenvalue weighted by atomic mass is 10.1. The molecule has 0 aliphatic heterocycles. The molecule has 122 valence electrons. The smallest absolute Gasteiger partial charge is 0.349 e. The highest BCUT2D eigenvalue weighted by Gasteiger charge is 2.09. The summed E-state index contributed by atoms with van der Waals surface area (Å²) >= 11 is 0. The van der Waals surface area contributed by atoms with Gasteiger partial charge in [-0.15, -0.1) is 0 Å². The molecule has 0 saturated heterocycles. The average molecular weight is 324 g/mol. The molecule has 5 heteroatoms. The lowest BCUT2D eigenvalue weighted by molar-refractivity contribution is -0.136. The second-order valence-electron chi connectivity index (χ2n) is 5.49. The number of carbonyl (C=O) groups excluding carboxylic acids is 1. The number of hydrogen-bond acceptors (Lipinski definition) is 5. The molecule has 24 heavy (non-hydrogen) atoms. The van der Waals surface area contributed by atoms with Crippen molar-refractivity contribution in [3.05, 3.63) is 70.1 Å². The van der Waals surface area contributed by atoms with Crippen LogP contribution >= 0.6 is 0 Å². The largest absolute Gasteiger partial charge is 0.482 e. The molecule has 0 N–H and O–H groups in total. The summed E-state index contributed by atoms with van der Waals surface area (Å²) in [4.78, 5) is 23.3. The van der Waals surface area contributed by atoms with Crippen molar-refractivity contribution < 1.29 is 18.7 Å². The number of rotatable bonds is 4. The first-order chi connectivity index (χ1) is 11.5. The van der Waals surface area contributed by atoms with Crippen molar-refractivity contribution in [3.8, 4) is 11.5 Å². The molecular weight excluding hydrogens is 308 g/mol. The summed E-state index contributed by atoms with van der Waals surface area (Å²) in [5.41, 5.74) is 1.86.